The Morgan fingerprint density at radius 2 is 1.90 bits per heavy atom. The molecule has 21 heavy (non-hydrogen) atoms. The van der Waals surface area contributed by atoms with Crippen LogP contribution in [-0.4, -0.2) is 42.5 Å². The summed E-state index contributed by atoms with van der Waals surface area (Å²) in [5.74, 6) is 0. The topological polar surface area (TPSA) is 15.3 Å². The van der Waals surface area contributed by atoms with Gasteiger partial charge in [-0.25, -0.2) is 0 Å². The van der Waals surface area contributed by atoms with Gasteiger partial charge in [0, 0.05) is 41.9 Å². The summed E-state index contributed by atoms with van der Waals surface area (Å²) in [6.07, 6.45) is 0.585. The molecule has 0 saturated carbocycles. The van der Waals surface area contributed by atoms with Gasteiger partial charge in [0.2, 0.25) is 0 Å². The van der Waals surface area contributed by atoms with Crippen LogP contribution < -0.4 is 5.32 Å². The first-order valence-electron chi connectivity index (χ1n) is 7.80. The standard InChI is InChI=1S/C17H27FN2S/c1-17(2,3)21-16-7-5-4-6-14(16)15(8-9-18)20-12-10-19-11-13-20/h4-7,15,19H,8-13H2,1-3H3/t15-/m1/s1. The van der Waals surface area contributed by atoms with Gasteiger partial charge in [-0.3, -0.25) is 9.29 Å². The van der Waals surface area contributed by atoms with Gasteiger partial charge in [0.15, 0.2) is 0 Å². The van der Waals surface area contributed by atoms with E-state index in [4.69, 9.17) is 0 Å². The van der Waals surface area contributed by atoms with Gasteiger partial charge in [-0.05, 0) is 18.1 Å². The molecule has 4 heteroatoms. The van der Waals surface area contributed by atoms with Gasteiger partial charge in [0.25, 0.3) is 0 Å². The summed E-state index contributed by atoms with van der Waals surface area (Å²) in [4.78, 5) is 3.72. The molecule has 1 aromatic rings. The van der Waals surface area contributed by atoms with Gasteiger partial charge in [0.1, 0.15) is 0 Å². The zero-order valence-corrected chi connectivity index (χ0v) is 14.2. The fourth-order valence-corrected chi connectivity index (χ4v) is 3.94. The van der Waals surface area contributed by atoms with E-state index in [2.05, 4.69) is 55.3 Å². The van der Waals surface area contributed by atoms with E-state index in [0.29, 0.717) is 6.42 Å². The van der Waals surface area contributed by atoms with Crippen molar-refractivity contribution in [1.82, 2.24) is 10.2 Å². The number of rotatable bonds is 5. The zero-order chi connectivity index (χ0) is 15.3. The molecule has 1 aliphatic rings. The monoisotopic (exact) mass is 310 g/mol. The maximum Gasteiger partial charge on any atom is 0.0912 e. The van der Waals surface area contributed by atoms with Gasteiger partial charge >= 0.3 is 0 Å². The summed E-state index contributed by atoms with van der Waals surface area (Å²) in [5, 5.41) is 3.38. The number of piperazine rings is 1. The van der Waals surface area contributed by atoms with Crippen LogP contribution in [0, 0.1) is 0 Å². The molecule has 1 N–H and O–H groups in total. The van der Waals surface area contributed by atoms with Crippen molar-refractivity contribution in [2.45, 2.75) is 42.9 Å². The third-order valence-electron chi connectivity index (χ3n) is 3.67. The summed E-state index contributed by atoms with van der Waals surface area (Å²) in [7, 11) is 0. The Balaban J connectivity index is 2.26. The third kappa shape index (κ3) is 4.97. The van der Waals surface area contributed by atoms with Crippen molar-refractivity contribution < 1.29 is 4.39 Å². The van der Waals surface area contributed by atoms with Crippen LogP contribution in [0.1, 0.15) is 38.8 Å². The van der Waals surface area contributed by atoms with E-state index < -0.39 is 0 Å². The van der Waals surface area contributed by atoms with E-state index in [1.54, 1.807) is 0 Å². The fourth-order valence-electron chi connectivity index (χ4n) is 2.81. The van der Waals surface area contributed by atoms with Crippen LogP contribution in [0.25, 0.3) is 0 Å². The summed E-state index contributed by atoms with van der Waals surface area (Å²) >= 11 is 1.88. The van der Waals surface area contributed by atoms with Crippen molar-refractivity contribution in [2.75, 3.05) is 32.9 Å². The first-order chi connectivity index (χ1) is 10.0. The van der Waals surface area contributed by atoms with Crippen molar-refractivity contribution in [1.29, 1.82) is 0 Å². The fraction of sp³-hybridized carbons (Fsp3) is 0.647. The van der Waals surface area contributed by atoms with E-state index in [0.717, 1.165) is 26.2 Å². The zero-order valence-electron chi connectivity index (χ0n) is 13.4. The summed E-state index contributed by atoms with van der Waals surface area (Å²) in [6, 6.07) is 8.72. The lowest BCUT2D eigenvalue weighted by atomic mass is 10.0. The second-order valence-corrected chi connectivity index (χ2v) is 8.40. The van der Waals surface area contributed by atoms with Gasteiger partial charge in [-0.2, -0.15) is 0 Å². The van der Waals surface area contributed by atoms with Gasteiger partial charge in [-0.15, -0.1) is 11.8 Å². The largest absolute Gasteiger partial charge is 0.314 e. The average molecular weight is 310 g/mol. The highest BCUT2D eigenvalue weighted by Gasteiger charge is 2.25. The first-order valence-corrected chi connectivity index (χ1v) is 8.61. The van der Waals surface area contributed by atoms with Crippen molar-refractivity contribution in [2.24, 2.45) is 0 Å². The Labute approximate surface area is 132 Å². The quantitative estimate of drug-likeness (QED) is 0.831. The lowest BCUT2D eigenvalue weighted by molar-refractivity contribution is 0.155. The molecule has 1 aliphatic heterocycles. The van der Waals surface area contributed by atoms with E-state index in [1.165, 1.54) is 10.5 Å². The Hall–Kier alpha value is -0.580. The number of thioether (sulfide) groups is 1. The van der Waals surface area contributed by atoms with Crippen LogP contribution in [-0.2, 0) is 0 Å². The van der Waals surface area contributed by atoms with Crippen LogP contribution in [0.4, 0.5) is 4.39 Å². The lowest BCUT2D eigenvalue weighted by Crippen LogP contribution is -2.45. The Morgan fingerprint density at radius 3 is 2.52 bits per heavy atom. The van der Waals surface area contributed by atoms with Crippen LogP contribution in [0.2, 0.25) is 0 Å². The van der Waals surface area contributed by atoms with Gasteiger partial charge < -0.3 is 5.32 Å². The molecule has 1 fully saturated rings. The van der Waals surface area contributed by atoms with E-state index >= 15 is 0 Å². The first kappa shape index (κ1) is 16.8. The predicted molar refractivity (Wildman–Crippen MR) is 89.8 cm³/mol. The number of alkyl halides is 1. The van der Waals surface area contributed by atoms with Crippen molar-refractivity contribution in [3.63, 3.8) is 0 Å². The van der Waals surface area contributed by atoms with Crippen LogP contribution in [0.5, 0.6) is 0 Å². The normalized spacial score (nSPS) is 18.7. The maximum atomic E-state index is 13.1. The minimum atomic E-state index is -0.261. The van der Waals surface area contributed by atoms with Gasteiger partial charge in [0.05, 0.1) is 6.67 Å². The molecule has 2 rings (SSSR count). The number of halogens is 1. The molecule has 1 heterocycles. The third-order valence-corrected chi connectivity index (χ3v) is 4.87. The molecule has 1 atom stereocenters. The van der Waals surface area contributed by atoms with Gasteiger partial charge in [-0.1, -0.05) is 39.0 Å². The predicted octanol–water partition coefficient (Wildman–Crippen LogP) is 3.88. The molecule has 0 aromatic heterocycles. The Bertz CT molecular complexity index is 439. The minimum absolute atomic E-state index is 0.166. The highest BCUT2D eigenvalue weighted by atomic mass is 32.2. The average Bonchev–Trinajstić information content (AvgIpc) is 2.45. The number of benzene rings is 1. The number of hydrogen-bond donors (Lipinski definition) is 1. The summed E-state index contributed by atoms with van der Waals surface area (Å²) < 4.78 is 13.3. The second-order valence-electron chi connectivity index (χ2n) is 6.53. The molecule has 0 amide bonds. The molecule has 0 unspecified atom stereocenters. The second kappa shape index (κ2) is 7.61. The van der Waals surface area contributed by atoms with Crippen LogP contribution in [0.3, 0.4) is 0 Å². The molecule has 118 valence electrons. The van der Waals surface area contributed by atoms with E-state index in [-0.39, 0.29) is 17.5 Å². The molecule has 1 aromatic carbocycles. The molecular formula is C17H27FN2S. The number of hydrogen-bond acceptors (Lipinski definition) is 3. The smallest absolute Gasteiger partial charge is 0.0912 e. The molecule has 1 saturated heterocycles. The highest BCUT2D eigenvalue weighted by molar-refractivity contribution is 8.00. The maximum absolute atomic E-state index is 13.1. The minimum Gasteiger partial charge on any atom is -0.314 e. The molecule has 0 aliphatic carbocycles. The molecule has 0 spiro atoms. The SMILES string of the molecule is CC(C)(C)Sc1ccccc1[C@@H](CCF)N1CCNCC1. The number of nitrogens with zero attached hydrogens (tertiary/aromatic N) is 1. The molecule has 0 bridgehead atoms. The Kier molecular flexibility index (Phi) is 6.08. The van der Waals surface area contributed by atoms with E-state index in [1.807, 2.05) is 11.8 Å². The lowest BCUT2D eigenvalue weighted by Gasteiger charge is -2.36. The highest BCUT2D eigenvalue weighted by Crippen LogP contribution is 2.38. The molecule has 2 nitrogen and oxygen atoms in total. The molecular weight excluding hydrogens is 283 g/mol. The Morgan fingerprint density at radius 1 is 1.24 bits per heavy atom. The summed E-state index contributed by atoms with van der Waals surface area (Å²) in [5.41, 5.74) is 1.29. The molecule has 0 radical (unpaired) electrons. The van der Waals surface area contributed by atoms with Crippen molar-refractivity contribution in [3.8, 4) is 0 Å². The van der Waals surface area contributed by atoms with Crippen molar-refractivity contribution >= 4 is 11.8 Å². The van der Waals surface area contributed by atoms with Crippen LogP contribution in [0.15, 0.2) is 29.2 Å². The van der Waals surface area contributed by atoms with Crippen molar-refractivity contribution in [3.05, 3.63) is 29.8 Å². The number of nitrogens with one attached hydrogen (secondary N) is 1. The van der Waals surface area contributed by atoms with E-state index in [9.17, 15) is 4.39 Å². The summed E-state index contributed by atoms with van der Waals surface area (Å²) in [6.45, 7) is 10.4. The van der Waals surface area contributed by atoms with Crippen LogP contribution >= 0.6 is 11.8 Å².